The molecule has 0 aliphatic heterocycles. The Balaban J connectivity index is 2.15. The number of halogens is 1. The van der Waals surface area contributed by atoms with Gasteiger partial charge in [0.15, 0.2) is 0 Å². The molecule has 0 atom stereocenters. The summed E-state index contributed by atoms with van der Waals surface area (Å²) in [5.41, 5.74) is 0.572. The number of fused-ring (bicyclic) bond motifs is 1. The number of primary sulfonamides is 1. The van der Waals surface area contributed by atoms with Crippen LogP contribution in [0.5, 0.6) is 0 Å². The third kappa shape index (κ3) is 3.12. The summed E-state index contributed by atoms with van der Waals surface area (Å²) >= 11 is 5.94. The van der Waals surface area contributed by atoms with Gasteiger partial charge in [0.05, 0.1) is 23.2 Å². The maximum atomic E-state index is 12.5. The Morgan fingerprint density at radius 2 is 1.87 bits per heavy atom. The molecule has 118 valence electrons. The molecule has 0 bridgehead atoms. The van der Waals surface area contributed by atoms with E-state index in [9.17, 15) is 13.2 Å². The van der Waals surface area contributed by atoms with E-state index in [0.29, 0.717) is 11.9 Å². The Kier molecular flexibility index (Phi) is 3.93. The van der Waals surface area contributed by atoms with E-state index in [1.165, 1.54) is 23.0 Å². The summed E-state index contributed by atoms with van der Waals surface area (Å²) in [5, 5.41) is 9.75. The molecule has 0 amide bonds. The van der Waals surface area contributed by atoms with Gasteiger partial charge in [-0.1, -0.05) is 41.9 Å². The van der Waals surface area contributed by atoms with E-state index in [0.717, 1.165) is 5.56 Å². The van der Waals surface area contributed by atoms with Crippen LogP contribution in [0, 0.1) is 0 Å². The molecule has 0 aliphatic rings. The smallest absolute Gasteiger partial charge is 0.267 e. The molecule has 23 heavy (non-hydrogen) atoms. The van der Waals surface area contributed by atoms with Crippen molar-refractivity contribution in [3.8, 4) is 0 Å². The van der Waals surface area contributed by atoms with Gasteiger partial charge in [0, 0.05) is 5.39 Å². The topological polar surface area (TPSA) is 95.1 Å². The van der Waals surface area contributed by atoms with Crippen LogP contribution in [0.4, 0.5) is 0 Å². The fourth-order valence-electron chi connectivity index (χ4n) is 2.27. The van der Waals surface area contributed by atoms with Gasteiger partial charge < -0.3 is 0 Å². The first-order valence-electron chi connectivity index (χ1n) is 6.62. The van der Waals surface area contributed by atoms with Crippen LogP contribution in [0.25, 0.3) is 10.8 Å². The van der Waals surface area contributed by atoms with Gasteiger partial charge in [-0.25, -0.2) is 18.2 Å². The molecule has 0 unspecified atom stereocenters. The summed E-state index contributed by atoms with van der Waals surface area (Å²) < 4.78 is 24.3. The van der Waals surface area contributed by atoms with Crippen LogP contribution < -0.4 is 10.7 Å². The SMILES string of the molecule is NS(=O)(=O)c1cc2cnn(Cc3ccccc3)c(=O)c2cc1Cl. The lowest BCUT2D eigenvalue weighted by Gasteiger charge is -2.08. The zero-order valence-electron chi connectivity index (χ0n) is 11.8. The second-order valence-electron chi connectivity index (χ2n) is 5.01. The number of benzene rings is 2. The standard InChI is InChI=1S/C15H12ClN3O3S/c16-13-7-12-11(6-14(13)23(17,21)22)8-18-19(15(12)20)9-10-4-2-1-3-5-10/h1-8H,9H2,(H2,17,21,22). The Morgan fingerprint density at radius 3 is 2.52 bits per heavy atom. The zero-order valence-corrected chi connectivity index (χ0v) is 13.4. The van der Waals surface area contributed by atoms with E-state index in [1.807, 2.05) is 30.3 Å². The van der Waals surface area contributed by atoms with Crippen molar-refractivity contribution < 1.29 is 8.42 Å². The molecule has 8 heteroatoms. The van der Waals surface area contributed by atoms with Gasteiger partial charge in [-0.15, -0.1) is 0 Å². The number of rotatable bonds is 3. The summed E-state index contributed by atoms with van der Waals surface area (Å²) in [5.74, 6) is 0. The van der Waals surface area contributed by atoms with E-state index in [2.05, 4.69) is 5.10 Å². The molecule has 6 nitrogen and oxygen atoms in total. The summed E-state index contributed by atoms with van der Waals surface area (Å²) in [6, 6.07) is 12.0. The first-order chi connectivity index (χ1) is 10.9. The largest absolute Gasteiger partial charge is 0.274 e. The lowest BCUT2D eigenvalue weighted by Crippen LogP contribution is -2.23. The Morgan fingerprint density at radius 1 is 1.17 bits per heavy atom. The lowest BCUT2D eigenvalue weighted by atomic mass is 10.2. The molecule has 0 saturated carbocycles. The quantitative estimate of drug-likeness (QED) is 0.779. The Labute approximate surface area is 137 Å². The average Bonchev–Trinajstić information content (AvgIpc) is 2.50. The Bertz CT molecular complexity index is 1050. The van der Waals surface area contributed by atoms with E-state index >= 15 is 0 Å². The Hall–Kier alpha value is -2.22. The lowest BCUT2D eigenvalue weighted by molar-refractivity contribution is 0.598. The van der Waals surface area contributed by atoms with E-state index in [4.69, 9.17) is 16.7 Å². The molecule has 0 aliphatic carbocycles. The fourth-order valence-corrected chi connectivity index (χ4v) is 3.38. The van der Waals surface area contributed by atoms with Gasteiger partial charge in [-0.3, -0.25) is 4.79 Å². The number of hydrogen-bond donors (Lipinski definition) is 1. The minimum atomic E-state index is -3.97. The predicted octanol–water partition coefficient (Wildman–Crippen LogP) is 1.75. The van der Waals surface area contributed by atoms with E-state index < -0.39 is 10.0 Å². The normalized spacial score (nSPS) is 11.7. The van der Waals surface area contributed by atoms with Gasteiger partial charge in [-0.05, 0) is 17.7 Å². The molecule has 3 aromatic rings. The molecule has 2 aromatic carbocycles. The van der Waals surface area contributed by atoms with Crippen molar-refractivity contribution in [2.75, 3.05) is 0 Å². The second-order valence-corrected chi connectivity index (χ2v) is 6.94. The van der Waals surface area contributed by atoms with Crippen molar-refractivity contribution in [3.63, 3.8) is 0 Å². The zero-order chi connectivity index (χ0) is 16.6. The summed E-state index contributed by atoms with van der Waals surface area (Å²) in [7, 11) is -3.97. The predicted molar refractivity (Wildman–Crippen MR) is 87.9 cm³/mol. The molecule has 0 saturated heterocycles. The molecule has 0 fully saturated rings. The van der Waals surface area contributed by atoms with Crippen LogP contribution >= 0.6 is 11.6 Å². The molecular formula is C15H12ClN3O3S. The maximum Gasteiger partial charge on any atom is 0.274 e. The van der Waals surface area contributed by atoms with Crippen LogP contribution in [0.15, 0.2) is 58.4 Å². The van der Waals surface area contributed by atoms with Crippen LogP contribution in [-0.2, 0) is 16.6 Å². The highest BCUT2D eigenvalue weighted by atomic mass is 35.5. The second kappa shape index (κ2) is 5.77. The van der Waals surface area contributed by atoms with Gasteiger partial charge in [0.25, 0.3) is 5.56 Å². The molecule has 0 spiro atoms. The number of nitrogens with two attached hydrogens (primary N) is 1. The molecule has 1 aromatic heterocycles. The average molecular weight is 350 g/mol. The van der Waals surface area contributed by atoms with Crippen molar-refractivity contribution in [1.82, 2.24) is 9.78 Å². The van der Waals surface area contributed by atoms with Crippen molar-refractivity contribution >= 4 is 32.4 Å². The number of aromatic nitrogens is 2. The third-order valence-corrected chi connectivity index (χ3v) is 4.76. The monoisotopic (exact) mass is 349 g/mol. The molecule has 1 heterocycles. The minimum Gasteiger partial charge on any atom is -0.267 e. The molecule has 3 rings (SSSR count). The summed E-state index contributed by atoms with van der Waals surface area (Å²) in [6.45, 7) is 0.310. The van der Waals surface area contributed by atoms with Gasteiger partial charge in [0.2, 0.25) is 10.0 Å². The highest BCUT2D eigenvalue weighted by Crippen LogP contribution is 2.24. The maximum absolute atomic E-state index is 12.5. The molecule has 2 N–H and O–H groups in total. The van der Waals surface area contributed by atoms with Crippen LogP contribution in [-0.4, -0.2) is 18.2 Å². The number of hydrogen-bond acceptors (Lipinski definition) is 4. The van der Waals surface area contributed by atoms with Gasteiger partial charge >= 0.3 is 0 Å². The summed E-state index contributed by atoms with van der Waals surface area (Å²) in [4.78, 5) is 12.3. The van der Waals surface area contributed by atoms with Gasteiger partial charge in [-0.2, -0.15) is 5.10 Å². The molecule has 0 radical (unpaired) electrons. The first-order valence-corrected chi connectivity index (χ1v) is 8.55. The van der Waals surface area contributed by atoms with Crippen molar-refractivity contribution in [2.45, 2.75) is 11.4 Å². The van der Waals surface area contributed by atoms with Crippen LogP contribution in [0.1, 0.15) is 5.56 Å². The van der Waals surface area contributed by atoms with Gasteiger partial charge in [0.1, 0.15) is 4.90 Å². The minimum absolute atomic E-state index is 0.0884. The van der Waals surface area contributed by atoms with E-state index in [1.54, 1.807) is 0 Å². The van der Waals surface area contributed by atoms with Crippen LogP contribution in [0.3, 0.4) is 0 Å². The highest BCUT2D eigenvalue weighted by Gasteiger charge is 2.16. The highest BCUT2D eigenvalue weighted by molar-refractivity contribution is 7.89. The van der Waals surface area contributed by atoms with Crippen molar-refractivity contribution in [3.05, 3.63) is 69.6 Å². The number of nitrogens with zero attached hydrogens (tertiary/aromatic N) is 2. The number of sulfonamides is 1. The summed E-state index contributed by atoms with van der Waals surface area (Å²) in [6.07, 6.45) is 1.42. The van der Waals surface area contributed by atoms with E-state index in [-0.39, 0.29) is 20.9 Å². The first kappa shape index (κ1) is 15.7. The molecular weight excluding hydrogens is 338 g/mol. The van der Waals surface area contributed by atoms with Crippen LogP contribution in [0.2, 0.25) is 5.02 Å². The van der Waals surface area contributed by atoms with Crippen molar-refractivity contribution in [2.24, 2.45) is 5.14 Å². The fraction of sp³-hybridized carbons (Fsp3) is 0.0667. The third-order valence-electron chi connectivity index (χ3n) is 3.39. The van der Waals surface area contributed by atoms with Crippen molar-refractivity contribution in [1.29, 1.82) is 0 Å².